The Hall–Kier alpha value is -1.92. The fraction of sp³-hybridized carbons (Fsp3) is 0.417. The van der Waals surface area contributed by atoms with Crippen molar-refractivity contribution in [2.75, 3.05) is 0 Å². The van der Waals surface area contributed by atoms with Gasteiger partial charge in [-0.3, -0.25) is 0 Å². The average Bonchev–Trinajstić information content (AvgIpc) is 2.62. The minimum absolute atomic E-state index is 0.0319. The lowest BCUT2D eigenvalue weighted by Gasteiger charge is -2.38. The van der Waals surface area contributed by atoms with Crippen LogP contribution in [0, 0.1) is 11.5 Å². The maximum absolute atomic E-state index is 15.0. The van der Waals surface area contributed by atoms with E-state index in [1.54, 1.807) is 12.1 Å². The smallest absolute Gasteiger partial charge is 0.186 e. The second kappa shape index (κ2) is 8.40. The first-order chi connectivity index (χ1) is 12.6. The molecule has 0 unspecified atom stereocenters. The van der Waals surface area contributed by atoms with E-state index < -0.39 is 14.0 Å². The van der Waals surface area contributed by atoms with E-state index in [-0.39, 0.29) is 5.56 Å². The summed E-state index contributed by atoms with van der Waals surface area (Å²) in [5.41, 5.74) is 5.84. The predicted molar refractivity (Wildman–Crippen MR) is 115 cm³/mol. The lowest BCUT2D eigenvalue weighted by Crippen LogP contribution is -2.43. The van der Waals surface area contributed by atoms with Crippen LogP contribution in [0.5, 0.6) is 0 Å². The normalized spacial score (nSPS) is 12.4. The highest BCUT2D eigenvalue weighted by molar-refractivity contribution is 6.90. The van der Waals surface area contributed by atoms with Gasteiger partial charge in [0.05, 0.1) is 0 Å². The highest BCUT2D eigenvalue weighted by Crippen LogP contribution is 2.41. The number of hydrogen-bond donors (Lipinski definition) is 0. The molecule has 0 N–H and O–H groups in total. The third kappa shape index (κ3) is 4.50. The Kier molecular flexibility index (Phi) is 6.65. The first-order valence-electron chi connectivity index (χ1n) is 9.69. The maximum Gasteiger partial charge on any atom is 0.333 e. The van der Waals surface area contributed by atoms with E-state index >= 15 is 8.78 Å². The fourth-order valence-corrected chi connectivity index (χ4v) is 9.46. The summed E-state index contributed by atoms with van der Waals surface area (Å²) in [7, 11) is -2.19. The molecule has 0 saturated heterocycles. The standard InChI is InChI=1S/C24H30F2Si/c1-18(2)27(19(3)4,20(5)6)16-15-24(25,26)23-14-10-13-22(17-23)21-11-8-7-9-12-21/h7-14,17-20H,1-6H3. The fourth-order valence-electron chi connectivity index (χ4n) is 4.22. The van der Waals surface area contributed by atoms with Gasteiger partial charge in [-0.05, 0) is 39.7 Å². The molecule has 0 nitrogen and oxygen atoms in total. The Labute approximate surface area is 164 Å². The van der Waals surface area contributed by atoms with Crippen molar-refractivity contribution < 1.29 is 8.78 Å². The van der Waals surface area contributed by atoms with Crippen molar-refractivity contribution >= 4 is 8.07 Å². The lowest BCUT2D eigenvalue weighted by atomic mass is 10.0. The topological polar surface area (TPSA) is 0 Å². The monoisotopic (exact) mass is 384 g/mol. The first-order valence-corrected chi connectivity index (χ1v) is 11.9. The third-order valence-electron chi connectivity index (χ3n) is 5.63. The molecule has 0 spiro atoms. The number of halogens is 2. The summed E-state index contributed by atoms with van der Waals surface area (Å²) >= 11 is 0. The van der Waals surface area contributed by atoms with Crippen molar-refractivity contribution in [3.8, 4) is 22.6 Å². The van der Waals surface area contributed by atoms with Crippen LogP contribution in [0.2, 0.25) is 16.6 Å². The molecule has 27 heavy (non-hydrogen) atoms. The number of alkyl halides is 2. The quantitative estimate of drug-likeness (QED) is 0.366. The van der Waals surface area contributed by atoms with Crippen molar-refractivity contribution in [2.45, 2.75) is 64.1 Å². The molecular formula is C24H30F2Si. The van der Waals surface area contributed by atoms with Crippen LogP contribution in [0.1, 0.15) is 47.1 Å². The Morgan fingerprint density at radius 3 is 1.78 bits per heavy atom. The molecular weight excluding hydrogens is 354 g/mol. The van der Waals surface area contributed by atoms with Gasteiger partial charge in [0.15, 0.2) is 0 Å². The average molecular weight is 385 g/mol. The third-order valence-corrected chi connectivity index (χ3v) is 11.9. The summed E-state index contributed by atoms with van der Waals surface area (Å²) < 4.78 is 30.0. The van der Waals surface area contributed by atoms with Crippen LogP contribution >= 0.6 is 0 Å². The molecule has 0 aliphatic heterocycles. The SMILES string of the molecule is CC(C)[Si](C#CC(F)(F)c1cccc(-c2ccccc2)c1)(C(C)C)C(C)C. The van der Waals surface area contributed by atoms with E-state index in [2.05, 4.69) is 53.0 Å². The van der Waals surface area contributed by atoms with Gasteiger partial charge in [-0.1, -0.05) is 90.1 Å². The van der Waals surface area contributed by atoms with Gasteiger partial charge in [0, 0.05) is 5.56 Å². The van der Waals surface area contributed by atoms with Gasteiger partial charge in [-0.2, -0.15) is 8.78 Å². The van der Waals surface area contributed by atoms with E-state index in [9.17, 15) is 0 Å². The van der Waals surface area contributed by atoms with Crippen LogP contribution in [0.25, 0.3) is 11.1 Å². The van der Waals surface area contributed by atoms with Crippen molar-refractivity contribution in [3.05, 3.63) is 60.2 Å². The Bertz CT molecular complexity index is 789. The lowest BCUT2D eigenvalue weighted by molar-refractivity contribution is 0.0640. The molecule has 0 fully saturated rings. The predicted octanol–water partition coefficient (Wildman–Crippen LogP) is 7.67. The Morgan fingerprint density at radius 2 is 1.26 bits per heavy atom. The Morgan fingerprint density at radius 1 is 0.741 bits per heavy atom. The van der Waals surface area contributed by atoms with Crippen molar-refractivity contribution in [2.24, 2.45) is 0 Å². The molecule has 2 aromatic carbocycles. The van der Waals surface area contributed by atoms with Gasteiger partial charge in [0.25, 0.3) is 0 Å². The zero-order chi connectivity index (χ0) is 20.2. The number of benzene rings is 2. The molecule has 0 saturated carbocycles. The number of rotatable bonds is 5. The summed E-state index contributed by atoms with van der Waals surface area (Å²) in [6, 6.07) is 16.2. The van der Waals surface area contributed by atoms with Gasteiger partial charge in [-0.25, -0.2) is 0 Å². The van der Waals surface area contributed by atoms with Crippen LogP contribution in [0.15, 0.2) is 54.6 Å². The minimum atomic E-state index is -3.15. The van der Waals surface area contributed by atoms with Crippen LogP contribution in [-0.4, -0.2) is 8.07 Å². The molecule has 0 radical (unpaired) electrons. The zero-order valence-corrected chi connectivity index (χ0v) is 18.2. The molecule has 0 heterocycles. The molecule has 0 aliphatic rings. The largest absolute Gasteiger partial charge is 0.333 e. The molecule has 0 amide bonds. The molecule has 144 valence electrons. The van der Waals surface area contributed by atoms with Gasteiger partial charge in [-0.15, -0.1) is 5.54 Å². The molecule has 0 aromatic heterocycles. The minimum Gasteiger partial charge on any atom is -0.186 e. The van der Waals surface area contributed by atoms with Crippen LogP contribution in [0.3, 0.4) is 0 Å². The van der Waals surface area contributed by atoms with Crippen molar-refractivity contribution in [1.82, 2.24) is 0 Å². The van der Waals surface area contributed by atoms with Crippen LogP contribution in [0.4, 0.5) is 8.78 Å². The molecule has 3 heteroatoms. The summed E-state index contributed by atoms with van der Waals surface area (Å²) in [4.78, 5) is 0. The van der Waals surface area contributed by atoms with Crippen LogP contribution < -0.4 is 0 Å². The molecule has 0 aliphatic carbocycles. The molecule has 0 atom stereocenters. The van der Waals surface area contributed by atoms with Crippen molar-refractivity contribution in [1.29, 1.82) is 0 Å². The van der Waals surface area contributed by atoms with E-state index in [0.29, 0.717) is 16.6 Å². The second-order valence-corrected chi connectivity index (χ2v) is 13.7. The summed E-state index contributed by atoms with van der Waals surface area (Å²) in [6.07, 6.45) is 0. The zero-order valence-electron chi connectivity index (χ0n) is 17.2. The molecule has 2 aromatic rings. The maximum atomic E-state index is 15.0. The highest BCUT2D eigenvalue weighted by atomic mass is 28.3. The summed E-state index contributed by atoms with van der Waals surface area (Å²) in [5.74, 6) is -0.734. The van der Waals surface area contributed by atoms with E-state index in [0.717, 1.165) is 11.1 Å². The number of hydrogen-bond acceptors (Lipinski definition) is 0. The van der Waals surface area contributed by atoms with Crippen LogP contribution in [-0.2, 0) is 5.92 Å². The van der Waals surface area contributed by atoms with Gasteiger partial charge in [0.1, 0.15) is 8.07 Å². The molecule has 0 bridgehead atoms. The first kappa shape index (κ1) is 21.4. The second-order valence-electron chi connectivity index (χ2n) is 8.17. The van der Waals surface area contributed by atoms with Crippen molar-refractivity contribution in [3.63, 3.8) is 0 Å². The summed E-state index contributed by atoms with van der Waals surface area (Å²) in [6.45, 7) is 12.8. The van der Waals surface area contributed by atoms with Gasteiger partial charge in [0.2, 0.25) is 0 Å². The van der Waals surface area contributed by atoms with Gasteiger partial charge < -0.3 is 0 Å². The van der Waals surface area contributed by atoms with E-state index in [1.807, 2.05) is 36.4 Å². The van der Waals surface area contributed by atoms with E-state index in [1.165, 1.54) is 6.07 Å². The highest BCUT2D eigenvalue weighted by Gasteiger charge is 2.42. The summed E-state index contributed by atoms with van der Waals surface area (Å²) in [5, 5.41) is 0. The Balaban J connectivity index is 2.47. The van der Waals surface area contributed by atoms with E-state index in [4.69, 9.17) is 0 Å². The molecule has 2 rings (SSSR count). The van der Waals surface area contributed by atoms with Gasteiger partial charge >= 0.3 is 5.92 Å².